The maximum Gasteiger partial charge on any atom is 0.409 e. The van der Waals surface area contributed by atoms with Gasteiger partial charge in [0.15, 0.2) is 0 Å². The number of carbonyl (C=O) groups excluding carboxylic acids is 2. The van der Waals surface area contributed by atoms with Crippen molar-refractivity contribution in [3.8, 4) is 0 Å². The molecule has 11 nitrogen and oxygen atoms in total. The Morgan fingerprint density at radius 1 is 0.786 bits per heavy atom. The molecule has 12 heteroatoms. The Bertz CT molecular complexity index is 652. The van der Waals surface area contributed by atoms with Gasteiger partial charge < -0.3 is 24.2 Å². The summed E-state index contributed by atoms with van der Waals surface area (Å²) in [6, 6.07) is -0.0524. The molecule has 0 saturated carbocycles. The maximum atomic E-state index is 12.9. The van der Waals surface area contributed by atoms with Crippen LogP contribution in [0.25, 0.3) is 0 Å². The highest BCUT2D eigenvalue weighted by Gasteiger charge is 2.36. The number of rotatable bonds is 3. The fourth-order valence-electron chi connectivity index (χ4n) is 3.54. The first-order valence-corrected chi connectivity index (χ1v) is 11.1. The lowest BCUT2D eigenvalue weighted by Crippen LogP contribution is -2.59. The van der Waals surface area contributed by atoms with Crippen LogP contribution in [0.3, 0.4) is 0 Å². The minimum Gasteiger partial charge on any atom is -0.450 e. The fourth-order valence-corrected chi connectivity index (χ4v) is 5.12. The van der Waals surface area contributed by atoms with Crippen LogP contribution in [0.1, 0.15) is 6.92 Å². The summed E-state index contributed by atoms with van der Waals surface area (Å²) in [5, 5.41) is 0. The highest BCUT2D eigenvalue weighted by molar-refractivity contribution is 7.86. The Balaban J connectivity index is 1.49. The minimum atomic E-state index is -3.60. The lowest BCUT2D eigenvalue weighted by atomic mass is 10.3. The topological polar surface area (TPSA) is 103 Å². The number of nitrogens with zero attached hydrogens (tertiary/aromatic N) is 5. The Morgan fingerprint density at radius 2 is 1.25 bits per heavy atom. The predicted octanol–water partition coefficient (Wildman–Crippen LogP) is -0.925. The molecule has 0 aromatic carbocycles. The second kappa shape index (κ2) is 9.25. The van der Waals surface area contributed by atoms with E-state index in [1.807, 2.05) is 0 Å². The van der Waals surface area contributed by atoms with Gasteiger partial charge in [0, 0.05) is 65.4 Å². The van der Waals surface area contributed by atoms with Crippen molar-refractivity contribution in [3.63, 3.8) is 0 Å². The SMILES string of the molecule is CCOC(=O)N1CCN(S(=O)(=O)N2CCN(C(=O)N3CCOCC3)CC2)CC1. The van der Waals surface area contributed by atoms with Crippen LogP contribution >= 0.6 is 0 Å². The number of hydrogen-bond donors (Lipinski definition) is 0. The van der Waals surface area contributed by atoms with Crippen LogP contribution in [-0.4, -0.2) is 129 Å². The molecular formula is C16H29N5O6S. The normalized spacial score (nSPS) is 23.0. The average molecular weight is 420 g/mol. The zero-order valence-electron chi connectivity index (χ0n) is 16.3. The van der Waals surface area contributed by atoms with E-state index in [0.29, 0.717) is 59.1 Å². The molecule has 160 valence electrons. The van der Waals surface area contributed by atoms with Crippen molar-refractivity contribution in [1.82, 2.24) is 23.3 Å². The number of piperazine rings is 2. The predicted molar refractivity (Wildman–Crippen MR) is 100 cm³/mol. The molecular weight excluding hydrogens is 390 g/mol. The third kappa shape index (κ3) is 4.67. The van der Waals surface area contributed by atoms with E-state index in [9.17, 15) is 18.0 Å². The number of morpholine rings is 1. The zero-order chi connectivity index (χ0) is 20.1. The van der Waals surface area contributed by atoms with Gasteiger partial charge in [-0.15, -0.1) is 0 Å². The van der Waals surface area contributed by atoms with Crippen molar-refractivity contribution in [2.24, 2.45) is 0 Å². The maximum absolute atomic E-state index is 12.9. The van der Waals surface area contributed by atoms with Gasteiger partial charge in [-0.2, -0.15) is 17.0 Å². The number of amides is 3. The number of ether oxygens (including phenoxy) is 2. The molecule has 0 bridgehead atoms. The monoisotopic (exact) mass is 419 g/mol. The summed E-state index contributed by atoms with van der Waals surface area (Å²) in [5.41, 5.74) is 0. The quantitative estimate of drug-likeness (QED) is 0.586. The second-order valence-electron chi connectivity index (χ2n) is 6.86. The van der Waals surface area contributed by atoms with Crippen molar-refractivity contribution >= 4 is 22.3 Å². The van der Waals surface area contributed by atoms with Crippen molar-refractivity contribution < 1.29 is 27.5 Å². The van der Waals surface area contributed by atoms with Gasteiger partial charge >= 0.3 is 12.1 Å². The van der Waals surface area contributed by atoms with Crippen LogP contribution in [0, 0.1) is 0 Å². The smallest absolute Gasteiger partial charge is 0.409 e. The van der Waals surface area contributed by atoms with E-state index in [4.69, 9.17) is 9.47 Å². The summed E-state index contributed by atoms with van der Waals surface area (Å²) in [4.78, 5) is 29.3. The summed E-state index contributed by atoms with van der Waals surface area (Å²) in [6.45, 7) is 6.67. The van der Waals surface area contributed by atoms with E-state index < -0.39 is 16.3 Å². The van der Waals surface area contributed by atoms with Gasteiger partial charge in [-0.1, -0.05) is 0 Å². The summed E-state index contributed by atoms with van der Waals surface area (Å²) in [5.74, 6) is 0. The molecule has 0 N–H and O–H groups in total. The van der Waals surface area contributed by atoms with Gasteiger partial charge in [0.1, 0.15) is 0 Å². The highest BCUT2D eigenvalue weighted by Crippen LogP contribution is 2.16. The number of carbonyl (C=O) groups is 2. The van der Waals surface area contributed by atoms with Crippen LogP contribution in [-0.2, 0) is 19.7 Å². The lowest BCUT2D eigenvalue weighted by molar-refractivity contribution is 0.0403. The van der Waals surface area contributed by atoms with E-state index in [1.54, 1.807) is 16.7 Å². The molecule has 28 heavy (non-hydrogen) atoms. The van der Waals surface area contributed by atoms with Crippen molar-refractivity contribution in [3.05, 3.63) is 0 Å². The third-order valence-corrected chi connectivity index (χ3v) is 7.24. The Labute approximate surface area is 165 Å². The molecule has 3 amide bonds. The Hall–Kier alpha value is -1.63. The largest absolute Gasteiger partial charge is 0.450 e. The van der Waals surface area contributed by atoms with E-state index in [0.717, 1.165) is 0 Å². The van der Waals surface area contributed by atoms with Crippen LogP contribution in [0.5, 0.6) is 0 Å². The summed E-state index contributed by atoms with van der Waals surface area (Å²) in [7, 11) is -3.60. The van der Waals surface area contributed by atoms with Crippen LogP contribution in [0.15, 0.2) is 0 Å². The van der Waals surface area contributed by atoms with Gasteiger partial charge in [0.05, 0.1) is 19.8 Å². The Morgan fingerprint density at radius 3 is 1.75 bits per heavy atom. The van der Waals surface area contributed by atoms with Crippen LogP contribution in [0.4, 0.5) is 9.59 Å². The van der Waals surface area contributed by atoms with E-state index in [1.165, 1.54) is 13.5 Å². The van der Waals surface area contributed by atoms with Gasteiger partial charge in [0.2, 0.25) is 0 Å². The molecule has 3 fully saturated rings. The van der Waals surface area contributed by atoms with Crippen molar-refractivity contribution in [2.75, 3.05) is 85.3 Å². The molecule has 3 rings (SSSR count). The van der Waals surface area contributed by atoms with E-state index in [-0.39, 0.29) is 32.2 Å². The standard InChI is InChI=1S/C16H29N5O6S/c1-2-27-16(23)19-5-9-21(10-6-19)28(24,25)20-7-3-17(4-8-20)15(22)18-11-13-26-14-12-18/h2-14H2,1H3. The molecule has 0 aliphatic carbocycles. The van der Waals surface area contributed by atoms with Gasteiger partial charge in [-0.3, -0.25) is 0 Å². The fraction of sp³-hybridized carbons (Fsp3) is 0.875. The lowest BCUT2D eigenvalue weighted by Gasteiger charge is -2.40. The second-order valence-corrected chi connectivity index (χ2v) is 8.79. The zero-order valence-corrected chi connectivity index (χ0v) is 17.1. The molecule has 0 atom stereocenters. The first-order valence-electron chi connectivity index (χ1n) is 9.72. The molecule has 0 aromatic heterocycles. The summed E-state index contributed by atoms with van der Waals surface area (Å²) >= 11 is 0. The number of urea groups is 1. The number of hydrogen-bond acceptors (Lipinski definition) is 6. The average Bonchev–Trinajstić information content (AvgIpc) is 2.74. The highest BCUT2D eigenvalue weighted by atomic mass is 32.2. The van der Waals surface area contributed by atoms with Gasteiger partial charge in [-0.25, -0.2) is 9.59 Å². The van der Waals surface area contributed by atoms with Crippen LogP contribution in [0.2, 0.25) is 0 Å². The molecule has 0 unspecified atom stereocenters. The van der Waals surface area contributed by atoms with E-state index in [2.05, 4.69) is 0 Å². The molecule has 0 radical (unpaired) electrons. The third-order valence-electron chi connectivity index (χ3n) is 5.21. The molecule has 0 spiro atoms. The Kier molecular flexibility index (Phi) is 6.96. The van der Waals surface area contributed by atoms with Crippen molar-refractivity contribution in [2.45, 2.75) is 6.92 Å². The molecule has 3 heterocycles. The first-order chi connectivity index (χ1) is 13.4. The summed E-state index contributed by atoms with van der Waals surface area (Å²) in [6.07, 6.45) is -0.408. The molecule has 3 aliphatic heterocycles. The molecule has 3 aliphatic rings. The molecule has 3 saturated heterocycles. The summed E-state index contributed by atoms with van der Waals surface area (Å²) < 4.78 is 38.9. The van der Waals surface area contributed by atoms with Gasteiger partial charge in [-0.05, 0) is 6.92 Å². The van der Waals surface area contributed by atoms with Gasteiger partial charge in [0.25, 0.3) is 10.2 Å². The van der Waals surface area contributed by atoms with Crippen LogP contribution < -0.4 is 0 Å². The first kappa shape index (κ1) is 21.1. The van der Waals surface area contributed by atoms with Crippen molar-refractivity contribution in [1.29, 1.82) is 0 Å². The molecule has 0 aromatic rings. The van der Waals surface area contributed by atoms with E-state index >= 15 is 0 Å². The minimum absolute atomic E-state index is 0.0524.